The van der Waals surface area contributed by atoms with Gasteiger partial charge in [0.15, 0.2) is 17.3 Å². The monoisotopic (exact) mass is 379 g/mol. The van der Waals surface area contributed by atoms with E-state index in [-0.39, 0.29) is 12.4 Å². The molecular formula is C21H21N3O4. The minimum absolute atomic E-state index is 0.0146. The Bertz CT molecular complexity index is 978. The third kappa shape index (κ3) is 4.76. The van der Waals surface area contributed by atoms with Gasteiger partial charge in [-0.15, -0.1) is 5.10 Å². The van der Waals surface area contributed by atoms with Crippen molar-refractivity contribution < 1.29 is 19.0 Å². The van der Waals surface area contributed by atoms with Gasteiger partial charge in [0.1, 0.15) is 18.1 Å². The number of benzene rings is 2. The second kappa shape index (κ2) is 8.85. The minimum atomic E-state index is -0.0146. The van der Waals surface area contributed by atoms with Crippen LogP contribution in [-0.2, 0) is 11.4 Å². The predicted octanol–water partition coefficient (Wildman–Crippen LogP) is 3.47. The average Bonchev–Trinajstić information content (AvgIpc) is 3.20. The zero-order valence-corrected chi connectivity index (χ0v) is 16.0. The third-order valence-corrected chi connectivity index (χ3v) is 3.95. The molecule has 1 aromatic heterocycles. The van der Waals surface area contributed by atoms with E-state index in [0.29, 0.717) is 17.2 Å². The van der Waals surface area contributed by atoms with E-state index in [9.17, 15) is 4.79 Å². The average molecular weight is 379 g/mol. The second-order valence-corrected chi connectivity index (χ2v) is 6.00. The van der Waals surface area contributed by atoms with E-state index in [1.807, 2.05) is 36.4 Å². The summed E-state index contributed by atoms with van der Waals surface area (Å²) in [4.78, 5) is 11.1. The van der Waals surface area contributed by atoms with Crippen molar-refractivity contribution in [1.29, 1.82) is 0 Å². The molecule has 0 bridgehead atoms. The van der Waals surface area contributed by atoms with E-state index >= 15 is 0 Å². The molecule has 0 amide bonds. The first-order valence-corrected chi connectivity index (χ1v) is 8.64. The lowest BCUT2D eigenvalue weighted by molar-refractivity contribution is -0.112. The van der Waals surface area contributed by atoms with E-state index in [1.165, 1.54) is 13.0 Å². The number of hydrogen-bond acceptors (Lipinski definition) is 6. The van der Waals surface area contributed by atoms with Gasteiger partial charge in [-0.3, -0.25) is 4.79 Å². The number of aromatic nitrogens is 3. The SMILES string of the molecule is COc1ccc(-n2cc(COc3ccc(/C=C/C(C)=O)cc3OC)nn2)cc1. The molecule has 0 spiro atoms. The Hall–Kier alpha value is -3.61. The van der Waals surface area contributed by atoms with E-state index in [4.69, 9.17) is 14.2 Å². The first-order valence-electron chi connectivity index (χ1n) is 8.64. The fourth-order valence-corrected chi connectivity index (χ4v) is 2.50. The highest BCUT2D eigenvalue weighted by atomic mass is 16.5. The lowest BCUT2D eigenvalue weighted by atomic mass is 10.1. The van der Waals surface area contributed by atoms with Crippen LogP contribution in [0.3, 0.4) is 0 Å². The summed E-state index contributed by atoms with van der Waals surface area (Å²) in [5.41, 5.74) is 2.40. The first kappa shape index (κ1) is 19.2. The minimum Gasteiger partial charge on any atom is -0.497 e. The molecule has 2 aromatic carbocycles. The quantitative estimate of drug-likeness (QED) is 0.558. The maximum atomic E-state index is 11.1. The largest absolute Gasteiger partial charge is 0.497 e. The van der Waals surface area contributed by atoms with Gasteiger partial charge in [-0.25, -0.2) is 4.68 Å². The number of nitrogens with zero attached hydrogens (tertiary/aromatic N) is 3. The van der Waals surface area contributed by atoms with Crippen molar-refractivity contribution in [3.63, 3.8) is 0 Å². The smallest absolute Gasteiger partial charge is 0.161 e. The van der Waals surface area contributed by atoms with Gasteiger partial charge >= 0.3 is 0 Å². The molecule has 0 unspecified atom stereocenters. The molecule has 144 valence electrons. The molecule has 0 aliphatic carbocycles. The lowest BCUT2D eigenvalue weighted by Crippen LogP contribution is -1.98. The van der Waals surface area contributed by atoms with Crippen LogP contribution in [0.2, 0.25) is 0 Å². The summed E-state index contributed by atoms with van der Waals surface area (Å²) in [6, 6.07) is 13.0. The number of ketones is 1. The highest BCUT2D eigenvalue weighted by molar-refractivity contribution is 5.91. The van der Waals surface area contributed by atoms with Gasteiger partial charge in [0.25, 0.3) is 0 Å². The van der Waals surface area contributed by atoms with Crippen LogP contribution in [-0.4, -0.2) is 35.0 Å². The molecule has 0 radical (unpaired) electrons. The number of hydrogen-bond donors (Lipinski definition) is 0. The van der Waals surface area contributed by atoms with Crippen LogP contribution in [0.4, 0.5) is 0 Å². The number of carbonyl (C=O) groups is 1. The Labute approximate surface area is 163 Å². The summed E-state index contributed by atoms with van der Waals surface area (Å²) in [7, 11) is 3.20. The van der Waals surface area contributed by atoms with Crippen LogP contribution in [0.25, 0.3) is 11.8 Å². The molecule has 0 aliphatic rings. The van der Waals surface area contributed by atoms with Gasteiger partial charge < -0.3 is 14.2 Å². The summed E-state index contributed by atoms with van der Waals surface area (Å²) in [6.45, 7) is 1.75. The highest BCUT2D eigenvalue weighted by Crippen LogP contribution is 2.29. The van der Waals surface area contributed by atoms with Crippen molar-refractivity contribution in [2.24, 2.45) is 0 Å². The Kier molecular flexibility index (Phi) is 6.06. The maximum Gasteiger partial charge on any atom is 0.161 e. The molecule has 7 nitrogen and oxygen atoms in total. The van der Waals surface area contributed by atoms with Crippen molar-refractivity contribution in [2.45, 2.75) is 13.5 Å². The maximum absolute atomic E-state index is 11.1. The predicted molar refractivity (Wildman–Crippen MR) is 105 cm³/mol. The second-order valence-electron chi connectivity index (χ2n) is 6.00. The Morgan fingerprint density at radius 1 is 1.07 bits per heavy atom. The molecule has 0 fully saturated rings. The van der Waals surface area contributed by atoms with Crippen molar-refractivity contribution in [1.82, 2.24) is 15.0 Å². The van der Waals surface area contributed by atoms with Crippen LogP contribution < -0.4 is 14.2 Å². The van der Waals surface area contributed by atoms with Crippen LogP contribution in [0.15, 0.2) is 54.7 Å². The van der Waals surface area contributed by atoms with E-state index in [0.717, 1.165) is 17.0 Å². The molecule has 3 aromatic rings. The van der Waals surface area contributed by atoms with Crippen molar-refractivity contribution in [3.05, 3.63) is 66.0 Å². The highest BCUT2D eigenvalue weighted by Gasteiger charge is 2.08. The first-order chi connectivity index (χ1) is 13.6. The van der Waals surface area contributed by atoms with Gasteiger partial charge in [0, 0.05) is 0 Å². The lowest BCUT2D eigenvalue weighted by Gasteiger charge is -2.10. The third-order valence-electron chi connectivity index (χ3n) is 3.95. The van der Waals surface area contributed by atoms with E-state index in [2.05, 4.69) is 10.3 Å². The van der Waals surface area contributed by atoms with E-state index < -0.39 is 0 Å². The number of methoxy groups -OCH3 is 2. The number of allylic oxidation sites excluding steroid dienone is 1. The summed E-state index contributed by atoms with van der Waals surface area (Å²) >= 11 is 0. The molecule has 7 heteroatoms. The van der Waals surface area contributed by atoms with Gasteiger partial charge in [-0.1, -0.05) is 17.4 Å². The van der Waals surface area contributed by atoms with Crippen LogP contribution in [0.5, 0.6) is 17.2 Å². The summed E-state index contributed by atoms with van der Waals surface area (Å²) < 4.78 is 18.0. The summed E-state index contributed by atoms with van der Waals surface area (Å²) in [6.07, 6.45) is 5.04. The Morgan fingerprint density at radius 3 is 2.54 bits per heavy atom. The number of carbonyl (C=O) groups excluding carboxylic acids is 1. The van der Waals surface area contributed by atoms with E-state index in [1.54, 1.807) is 37.2 Å². The molecule has 0 N–H and O–H groups in total. The summed E-state index contributed by atoms with van der Waals surface area (Å²) in [5.74, 6) is 1.93. The van der Waals surface area contributed by atoms with Crippen LogP contribution >= 0.6 is 0 Å². The van der Waals surface area contributed by atoms with Gasteiger partial charge in [-0.2, -0.15) is 0 Å². The van der Waals surface area contributed by atoms with Crippen LogP contribution in [0.1, 0.15) is 18.2 Å². The molecule has 0 saturated carbocycles. The van der Waals surface area contributed by atoms with Crippen molar-refractivity contribution >= 4 is 11.9 Å². The van der Waals surface area contributed by atoms with Gasteiger partial charge in [0.05, 0.1) is 26.1 Å². The number of ether oxygens (including phenoxy) is 3. The molecule has 0 saturated heterocycles. The topological polar surface area (TPSA) is 75.5 Å². The zero-order valence-electron chi connectivity index (χ0n) is 16.0. The van der Waals surface area contributed by atoms with Crippen molar-refractivity contribution in [2.75, 3.05) is 14.2 Å². The molecule has 0 atom stereocenters. The molecule has 3 rings (SSSR count). The molecular weight excluding hydrogens is 358 g/mol. The summed E-state index contributed by atoms with van der Waals surface area (Å²) in [5, 5.41) is 8.26. The van der Waals surface area contributed by atoms with Gasteiger partial charge in [-0.05, 0) is 55.0 Å². The molecule has 28 heavy (non-hydrogen) atoms. The van der Waals surface area contributed by atoms with Crippen LogP contribution in [0, 0.1) is 0 Å². The Morgan fingerprint density at radius 2 is 1.86 bits per heavy atom. The normalized spacial score (nSPS) is 10.8. The molecule has 1 heterocycles. The molecule has 0 aliphatic heterocycles. The fraction of sp³-hybridized carbons (Fsp3) is 0.190. The number of rotatable bonds is 8. The van der Waals surface area contributed by atoms with Gasteiger partial charge in [0.2, 0.25) is 0 Å². The zero-order chi connectivity index (χ0) is 19.9. The van der Waals surface area contributed by atoms with Crippen molar-refractivity contribution in [3.8, 4) is 22.9 Å². The Balaban J connectivity index is 1.68. The standard InChI is InChI=1S/C21H21N3O4/c1-15(25)4-5-16-6-11-20(21(12-16)27-3)28-14-17-13-24(23-22-17)18-7-9-19(26-2)10-8-18/h4-13H,14H2,1-3H3/b5-4+. The fourth-order valence-electron chi connectivity index (χ4n) is 2.50.